The molecule has 0 amide bonds. The van der Waals surface area contributed by atoms with E-state index in [4.69, 9.17) is 10.1 Å². The van der Waals surface area contributed by atoms with Crippen molar-refractivity contribution in [2.45, 2.75) is 0 Å². The van der Waals surface area contributed by atoms with E-state index in [1.54, 1.807) is 18.6 Å². The van der Waals surface area contributed by atoms with Crippen LogP contribution in [0.25, 0.3) is 99.0 Å². The summed E-state index contributed by atoms with van der Waals surface area (Å²) in [6, 6.07) is 45.1. The standard InChI is InChI=1S/C43H25N7/c1-4-10-31-26(7-1)13-17-36-41(31)33-16-15-30(23-38(33)50(36)40-22-28-9-3-6-12-34(28)47-48-40)49-37-18-14-27-8-2-5-11-32(27)42(37)43-39(49)21-29(24-46-43)35-25-44-19-20-45-35/h1-25H. The van der Waals surface area contributed by atoms with Gasteiger partial charge in [-0.2, -0.15) is 0 Å². The lowest BCUT2D eigenvalue weighted by Crippen LogP contribution is -2.00. The highest BCUT2D eigenvalue weighted by molar-refractivity contribution is 6.23. The molecule has 11 rings (SSSR count). The van der Waals surface area contributed by atoms with Gasteiger partial charge >= 0.3 is 0 Å². The molecule has 0 radical (unpaired) electrons. The molecular weight excluding hydrogens is 615 g/mol. The van der Waals surface area contributed by atoms with E-state index >= 15 is 0 Å². The molecule has 7 heteroatoms. The molecular formula is C43H25N7. The van der Waals surface area contributed by atoms with Crippen molar-refractivity contribution in [3.05, 3.63) is 152 Å². The second kappa shape index (κ2) is 10.3. The third-order valence-corrected chi connectivity index (χ3v) is 9.96. The Bertz CT molecular complexity index is 3160. The summed E-state index contributed by atoms with van der Waals surface area (Å²) in [5, 5.41) is 18.7. The largest absolute Gasteiger partial charge is 0.307 e. The zero-order chi connectivity index (χ0) is 32.8. The number of hydrogen-bond donors (Lipinski definition) is 0. The Morgan fingerprint density at radius 1 is 0.460 bits per heavy atom. The maximum absolute atomic E-state index is 5.10. The molecule has 0 aliphatic carbocycles. The topological polar surface area (TPSA) is 74.3 Å². The smallest absolute Gasteiger partial charge is 0.160 e. The monoisotopic (exact) mass is 639 g/mol. The van der Waals surface area contributed by atoms with Crippen LogP contribution in [0, 0.1) is 0 Å². The minimum absolute atomic E-state index is 0.774. The minimum Gasteiger partial charge on any atom is -0.307 e. The van der Waals surface area contributed by atoms with Crippen LogP contribution in [0.15, 0.2) is 152 Å². The molecule has 0 fully saturated rings. The Labute approximate surface area is 284 Å². The van der Waals surface area contributed by atoms with Crippen molar-refractivity contribution in [3.8, 4) is 22.8 Å². The van der Waals surface area contributed by atoms with Gasteiger partial charge in [0.05, 0.1) is 45.0 Å². The second-order valence-corrected chi connectivity index (χ2v) is 12.7. The summed E-state index contributed by atoms with van der Waals surface area (Å²) in [6.45, 7) is 0. The highest BCUT2D eigenvalue weighted by Crippen LogP contribution is 2.41. The summed E-state index contributed by atoms with van der Waals surface area (Å²) < 4.78 is 4.59. The maximum Gasteiger partial charge on any atom is 0.160 e. The number of rotatable bonds is 3. The van der Waals surface area contributed by atoms with E-state index < -0.39 is 0 Å². The highest BCUT2D eigenvalue weighted by atomic mass is 15.2. The number of fused-ring (bicyclic) bond motifs is 11. The van der Waals surface area contributed by atoms with Crippen molar-refractivity contribution in [2.24, 2.45) is 0 Å². The van der Waals surface area contributed by atoms with Crippen LogP contribution in [-0.4, -0.2) is 34.3 Å². The van der Waals surface area contributed by atoms with Gasteiger partial charge in [-0.25, -0.2) is 0 Å². The number of benzene rings is 6. The van der Waals surface area contributed by atoms with Crippen LogP contribution in [0.4, 0.5) is 0 Å². The van der Waals surface area contributed by atoms with Gasteiger partial charge in [0, 0.05) is 51.4 Å². The molecule has 7 nitrogen and oxygen atoms in total. The van der Waals surface area contributed by atoms with Gasteiger partial charge < -0.3 is 4.57 Å². The van der Waals surface area contributed by atoms with E-state index in [9.17, 15) is 0 Å². The summed E-state index contributed by atoms with van der Waals surface area (Å²) >= 11 is 0. The molecule has 6 aromatic carbocycles. The lowest BCUT2D eigenvalue weighted by molar-refractivity contribution is 0.980. The molecule has 232 valence electrons. The van der Waals surface area contributed by atoms with Gasteiger partial charge in [0.25, 0.3) is 0 Å². The third kappa shape index (κ3) is 3.82. The van der Waals surface area contributed by atoms with Crippen molar-refractivity contribution in [2.75, 3.05) is 0 Å². The molecule has 0 saturated carbocycles. The van der Waals surface area contributed by atoms with Crippen LogP contribution in [0.2, 0.25) is 0 Å². The molecule has 0 N–H and O–H groups in total. The van der Waals surface area contributed by atoms with Gasteiger partial charge in [0.15, 0.2) is 5.82 Å². The van der Waals surface area contributed by atoms with E-state index in [1.807, 2.05) is 24.4 Å². The molecule has 0 saturated heterocycles. The molecule has 0 bridgehead atoms. The van der Waals surface area contributed by atoms with Crippen molar-refractivity contribution < 1.29 is 0 Å². The number of aromatic nitrogens is 7. The molecule has 11 aromatic rings. The fourth-order valence-corrected chi connectivity index (χ4v) is 7.75. The zero-order valence-corrected chi connectivity index (χ0v) is 26.6. The number of hydrogen-bond acceptors (Lipinski definition) is 5. The quantitative estimate of drug-likeness (QED) is 0.192. The average molecular weight is 640 g/mol. The third-order valence-electron chi connectivity index (χ3n) is 9.96. The Balaban J connectivity index is 1.27. The van der Waals surface area contributed by atoms with Crippen LogP contribution >= 0.6 is 0 Å². The SMILES string of the molecule is c1ccc2nnc(-n3c4cc(-n5c6cc(-c7cnccn7)cnc6c6c7ccccc7ccc65)ccc4c4c5ccccc5ccc43)cc2c1. The van der Waals surface area contributed by atoms with Crippen LogP contribution in [-0.2, 0) is 0 Å². The summed E-state index contributed by atoms with van der Waals surface area (Å²) in [5.41, 5.74) is 8.73. The Kier molecular flexibility index (Phi) is 5.54. The van der Waals surface area contributed by atoms with Crippen LogP contribution in [0.1, 0.15) is 0 Å². The normalized spacial score (nSPS) is 12.0. The van der Waals surface area contributed by atoms with Crippen molar-refractivity contribution in [1.29, 1.82) is 0 Å². The van der Waals surface area contributed by atoms with E-state index in [0.717, 1.165) is 72.0 Å². The highest BCUT2D eigenvalue weighted by Gasteiger charge is 2.21. The van der Waals surface area contributed by atoms with E-state index in [1.165, 1.54) is 26.9 Å². The first-order valence-electron chi connectivity index (χ1n) is 16.6. The van der Waals surface area contributed by atoms with Gasteiger partial charge in [-0.05, 0) is 64.0 Å². The zero-order valence-electron chi connectivity index (χ0n) is 26.6. The van der Waals surface area contributed by atoms with E-state index in [-0.39, 0.29) is 0 Å². The molecule has 0 unspecified atom stereocenters. The second-order valence-electron chi connectivity index (χ2n) is 12.7. The Morgan fingerprint density at radius 2 is 1.20 bits per heavy atom. The molecule has 0 aliphatic rings. The van der Waals surface area contributed by atoms with Gasteiger partial charge in [-0.15, -0.1) is 10.2 Å². The van der Waals surface area contributed by atoms with Gasteiger partial charge in [-0.1, -0.05) is 84.9 Å². The Morgan fingerprint density at radius 3 is 2.00 bits per heavy atom. The molecule has 0 spiro atoms. The van der Waals surface area contributed by atoms with Gasteiger partial charge in [0.2, 0.25) is 0 Å². The first-order chi connectivity index (χ1) is 24.8. The summed E-state index contributed by atoms with van der Waals surface area (Å²) in [4.78, 5) is 14.0. The van der Waals surface area contributed by atoms with Crippen LogP contribution in [0.5, 0.6) is 0 Å². The fourth-order valence-electron chi connectivity index (χ4n) is 7.75. The van der Waals surface area contributed by atoms with Crippen molar-refractivity contribution in [3.63, 3.8) is 0 Å². The van der Waals surface area contributed by atoms with Crippen molar-refractivity contribution in [1.82, 2.24) is 34.3 Å². The van der Waals surface area contributed by atoms with Gasteiger partial charge in [-0.3, -0.25) is 19.5 Å². The molecule has 5 aromatic heterocycles. The molecule has 0 atom stereocenters. The molecule has 50 heavy (non-hydrogen) atoms. The Hall–Kier alpha value is -6.99. The molecule has 5 heterocycles. The summed E-state index contributed by atoms with van der Waals surface area (Å²) in [7, 11) is 0. The minimum atomic E-state index is 0.774. The van der Waals surface area contributed by atoms with E-state index in [2.05, 4.69) is 133 Å². The number of nitrogens with zero attached hydrogens (tertiary/aromatic N) is 7. The van der Waals surface area contributed by atoms with Crippen LogP contribution in [0.3, 0.4) is 0 Å². The molecule has 0 aliphatic heterocycles. The first kappa shape index (κ1) is 27.0. The summed E-state index contributed by atoms with van der Waals surface area (Å²) in [5.74, 6) is 0.774. The van der Waals surface area contributed by atoms with Crippen LogP contribution < -0.4 is 0 Å². The van der Waals surface area contributed by atoms with Crippen molar-refractivity contribution >= 4 is 76.2 Å². The maximum atomic E-state index is 5.10. The summed E-state index contributed by atoms with van der Waals surface area (Å²) in [6.07, 6.45) is 7.10. The van der Waals surface area contributed by atoms with E-state index in [0.29, 0.717) is 0 Å². The average Bonchev–Trinajstić information content (AvgIpc) is 3.70. The number of pyridine rings is 1. The fraction of sp³-hybridized carbons (Fsp3) is 0. The first-order valence-corrected chi connectivity index (χ1v) is 16.6. The van der Waals surface area contributed by atoms with Gasteiger partial charge in [0.1, 0.15) is 0 Å². The predicted molar refractivity (Wildman–Crippen MR) is 202 cm³/mol. The lowest BCUT2D eigenvalue weighted by Gasteiger charge is -2.11. The lowest BCUT2D eigenvalue weighted by atomic mass is 10.0. The predicted octanol–water partition coefficient (Wildman–Crippen LogP) is 9.98.